The quantitative estimate of drug-likeness (QED) is 0.595. The van der Waals surface area contributed by atoms with E-state index in [9.17, 15) is 9.59 Å². The summed E-state index contributed by atoms with van der Waals surface area (Å²) in [4.78, 5) is 35.7. The number of carbonyl (C=O) groups is 2. The third kappa shape index (κ3) is 4.06. The third-order valence-corrected chi connectivity index (χ3v) is 5.18. The number of amides is 2. The number of nitrogens with one attached hydrogen (secondary N) is 3. The van der Waals surface area contributed by atoms with Crippen molar-refractivity contribution in [3.63, 3.8) is 0 Å². The molecule has 8 nitrogen and oxygen atoms in total. The van der Waals surface area contributed by atoms with E-state index in [-0.39, 0.29) is 36.5 Å². The summed E-state index contributed by atoms with van der Waals surface area (Å²) < 4.78 is 5.34. The number of hydrogen-bond donors (Lipinski definition) is 3. The average Bonchev–Trinajstić information content (AvgIpc) is 3.13. The maximum Gasteiger partial charge on any atom is 0.271 e. The predicted octanol–water partition coefficient (Wildman–Crippen LogP) is 2.28. The van der Waals surface area contributed by atoms with Gasteiger partial charge in [0.15, 0.2) is 0 Å². The number of ether oxygens (including phenoxy) is 1. The Hall–Kier alpha value is -3.42. The highest BCUT2D eigenvalue weighted by Gasteiger charge is 2.25. The van der Waals surface area contributed by atoms with Gasteiger partial charge in [-0.05, 0) is 43.0 Å². The van der Waals surface area contributed by atoms with Crippen LogP contribution in [0, 0.1) is 0 Å². The molecule has 150 valence electrons. The van der Waals surface area contributed by atoms with Crippen molar-refractivity contribution < 1.29 is 14.3 Å². The second-order valence-corrected chi connectivity index (χ2v) is 7.04. The number of nitrogens with zero attached hydrogens (tertiary/aromatic N) is 2. The van der Waals surface area contributed by atoms with Gasteiger partial charge in [-0.1, -0.05) is 0 Å². The number of carbonyl (C=O) groups excluding carboxylic acids is 2. The molecule has 4 rings (SSSR count). The van der Waals surface area contributed by atoms with Crippen molar-refractivity contribution in [2.24, 2.45) is 0 Å². The molecule has 0 spiro atoms. The van der Waals surface area contributed by atoms with Gasteiger partial charge >= 0.3 is 0 Å². The minimum absolute atomic E-state index is 0.0552. The van der Waals surface area contributed by atoms with Crippen molar-refractivity contribution in [2.45, 2.75) is 31.7 Å². The van der Waals surface area contributed by atoms with Crippen molar-refractivity contribution in [2.75, 3.05) is 13.7 Å². The monoisotopic (exact) mass is 393 g/mol. The Morgan fingerprint density at radius 2 is 2.21 bits per heavy atom. The van der Waals surface area contributed by atoms with Crippen molar-refractivity contribution in [3.05, 3.63) is 53.7 Å². The molecule has 0 fully saturated rings. The standard InChI is InChI=1S/C21H23N5O3/c1-29-13-5-6-16-15(11-13)14-3-2-4-17(20(14)26-16)25-19(27)7-8-24-21(28)18-12-22-9-10-23-18/h5-6,9-12,17,26H,2-4,7-8H2,1H3,(H,24,28)(H,25,27). The smallest absolute Gasteiger partial charge is 0.271 e. The lowest BCUT2D eigenvalue weighted by Crippen LogP contribution is -2.34. The number of H-pyrrole nitrogens is 1. The average molecular weight is 393 g/mol. The molecular formula is C21H23N5O3. The summed E-state index contributed by atoms with van der Waals surface area (Å²) in [6.07, 6.45) is 7.42. The number of hydrogen-bond acceptors (Lipinski definition) is 5. The maximum atomic E-state index is 12.4. The summed E-state index contributed by atoms with van der Waals surface area (Å²) in [7, 11) is 1.66. The van der Waals surface area contributed by atoms with E-state index < -0.39 is 0 Å². The number of aryl methyl sites for hydroxylation is 1. The SMILES string of the molecule is COc1ccc2[nH]c3c(c2c1)CCCC3NC(=O)CCNC(=O)c1cnccn1. The second-order valence-electron chi connectivity index (χ2n) is 7.04. The summed E-state index contributed by atoms with van der Waals surface area (Å²) in [6.45, 7) is 0.241. The van der Waals surface area contributed by atoms with E-state index in [0.717, 1.165) is 41.6 Å². The number of rotatable bonds is 6. The van der Waals surface area contributed by atoms with Crippen LogP contribution in [0.5, 0.6) is 5.75 Å². The van der Waals surface area contributed by atoms with Crippen LogP contribution >= 0.6 is 0 Å². The molecule has 3 N–H and O–H groups in total. The molecule has 1 atom stereocenters. The maximum absolute atomic E-state index is 12.4. The van der Waals surface area contributed by atoms with Gasteiger partial charge in [0, 0.05) is 42.0 Å². The van der Waals surface area contributed by atoms with Crippen molar-refractivity contribution in [3.8, 4) is 5.75 Å². The number of fused-ring (bicyclic) bond motifs is 3. The summed E-state index contributed by atoms with van der Waals surface area (Å²) in [5, 5.41) is 6.94. The zero-order chi connectivity index (χ0) is 20.2. The summed E-state index contributed by atoms with van der Waals surface area (Å²) >= 11 is 0. The first-order chi connectivity index (χ1) is 14.2. The number of aromatic amines is 1. The molecule has 0 aliphatic heterocycles. The first-order valence-electron chi connectivity index (χ1n) is 9.68. The van der Waals surface area contributed by atoms with Crippen LogP contribution in [0.3, 0.4) is 0 Å². The Morgan fingerprint density at radius 3 is 3.00 bits per heavy atom. The third-order valence-electron chi connectivity index (χ3n) is 5.18. The Labute approximate surface area is 168 Å². The van der Waals surface area contributed by atoms with Gasteiger partial charge in [0.2, 0.25) is 5.91 Å². The van der Waals surface area contributed by atoms with Crippen LogP contribution in [0.15, 0.2) is 36.8 Å². The molecule has 1 aliphatic carbocycles. The molecule has 1 unspecified atom stereocenters. The van der Waals surface area contributed by atoms with E-state index >= 15 is 0 Å². The number of aromatic nitrogens is 3. The predicted molar refractivity (Wildman–Crippen MR) is 108 cm³/mol. The van der Waals surface area contributed by atoms with Crippen molar-refractivity contribution >= 4 is 22.7 Å². The molecule has 29 heavy (non-hydrogen) atoms. The Kier molecular flexibility index (Phi) is 5.41. The van der Waals surface area contributed by atoms with Gasteiger partial charge in [0.1, 0.15) is 11.4 Å². The normalized spacial score (nSPS) is 15.6. The van der Waals surface area contributed by atoms with E-state index in [4.69, 9.17) is 4.74 Å². The minimum atomic E-state index is -0.338. The first kappa shape index (κ1) is 18.9. The molecule has 2 amide bonds. The zero-order valence-electron chi connectivity index (χ0n) is 16.2. The van der Waals surface area contributed by atoms with Gasteiger partial charge < -0.3 is 20.4 Å². The molecule has 0 radical (unpaired) electrons. The Bertz CT molecular complexity index is 1030. The van der Waals surface area contributed by atoms with Gasteiger partial charge in [-0.15, -0.1) is 0 Å². The summed E-state index contributed by atoms with van der Waals surface area (Å²) in [5.74, 6) is 0.387. The van der Waals surface area contributed by atoms with Crippen LogP contribution in [0.25, 0.3) is 10.9 Å². The lowest BCUT2D eigenvalue weighted by atomic mass is 9.91. The lowest BCUT2D eigenvalue weighted by Gasteiger charge is -2.24. The molecular weight excluding hydrogens is 370 g/mol. The van der Waals surface area contributed by atoms with Crippen LogP contribution in [-0.2, 0) is 11.2 Å². The minimum Gasteiger partial charge on any atom is -0.497 e. The van der Waals surface area contributed by atoms with Gasteiger partial charge in [-0.3, -0.25) is 14.6 Å². The van der Waals surface area contributed by atoms with Crippen LogP contribution in [0.2, 0.25) is 0 Å². The van der Waals surface area contributed by atoms with Gasteiger partial charge in [0.05, 0.1) is 19.3 Å². The van der Waals surface area contributed by atoms with Crippen LogP contribution < -0.4 is 15.4 Å². The molecule has 0 saturated carbocycles. The topological polar surface area (TPSA) is 109 Å². The highest BCUT2D eigenvalue weighted by atomic mass is 16.5. The second kappa shape index (κ2) is 8.30. The van der Waals surface area contributed by atoms with Crippen molar-refractivity contribution in [1.29, 1.82) is 0 Å². The van der Waals surface area contributed by atoms with Crippen LogP contribution in [0.4, 0.5) is 0 Å². The van der Waals surface area contributed by atoms with Gasteiger partial charge in [-0.2, -0.15) is 0 Å². The van der Waals surface area contributed by atoms with Gasteiger partial charge in [0.25, 0.3) is 5.91 Å². The van der Waals surface area contributed by atoms with E-state index in [0.29, 0.717) is 0 Å². The molecule has 3 aromatic rings. The molecule has 0 saturated heterocycles. The molecule has 8 heteroatoms. The van der Waals surface area contributed by atoms with E-state index in [2.05, 4.69) is 25.6 Å². The fraction of sp³-hybridized carbons (Fsp3) is 0.333. The molecule has 2 heterocycles. The number of methoxy groups -OCH3 is 1. The highest BCUT2D eigenvalue weighted by Crippen LogP contribution is 2.36. The van der Waals surface area contributed by atoms with Crippen LogP contribution in [-0.4, -0.2) is 40.4 Å². The highest BCUT2D eigenvalue weighted by molar-refractivity contribution is 5.92. The van der Waals surface area contributed by atoms with Crippen LogP contribution in [0.1, 0.15) is 47.1 Å². The molecule has 1 aromatic carbocycles. The molecule has 0 bridgehead atoms. The lowest BCUT2D eigenvalue weighted by molar-refractivity contribution is -0.121. The largest absolute Gasteiger partial charge is 0.497 e. The van der Waals surface area contributed by atoms with Gasteiger partial charge in [-0.25, -0.2) is 4.98 Å². The fourth-order valence-electron chi connectivity index (χ4n) is 3.78. The molecule has 2 aromatic heterocycles. The summed E-state index contributed by atoms with van der Waals surface area (Å²) in [6, 6.07) is 5.92. The van der Waals surface area contributed by atoms with E-state index in [1.807, 2.05) is 18.2 Å². The number of benzene rings is 1. The fourth-order valence-corrected chi connectivity index (χ4v) is 3.78. The summed E-state index contributed by atoms with van der Waals surface area (Å²) in [5.41, 5.74) is 3.59. The molecule has 1 aliphatic rings. The van der Waals surface area contributed by atoms with E-state index in [1.54, 1.807) is 7.11 Å². The van der Waals surface area contributed by atoms with Crippen molar-refractivity contribution in [1.82, 2.24) is 25.6 Å². The first-order valence-corrected chi connectivity index (χ1v) is 9.68. The van der Waals surface area contributed by atoms with E-state index in [1.165, 1.54) is 24.2 Å². The zero-order valence-corrected chi connectivity index (χ0v) is 16.2. The Balaban J connectivity index is 1.38. The Morgan fingerprint density at radius 1 is 1.31 bits per heavy atom.